The van der Waals surface area contributed by atoms with Gasteiger partial charge in [-0.15, -0.1) is 0 Å². The number of hydrogen-bond acceptors (Lipinski definition) is 4. The van der Waals surface area contributed by atoms with Gasteiger partial charge >= 0.3 is 0 Å². The number of guanidine groups is 1. The third-order valence-corrected chi connectivity index (χ3v) is 5.38. The summed E-state index contributed by atoms with van der Waals surface area (Å²) in [5.41, 5.74) is 7.43. The van der Waals surface area contributed by atoms with Gasteiger partial charge in [0.05, 0.1) is 25.0 Å². The molecule has 3 rings (SSSR count). The van der Waals surface area contributed by atoms with Gasteiger partial charge in [0.25, 0.3) is 5.91 Å². The molecule has 1 heterocycles. The number of rotatable bonds is 5. The number of anilines is 1. The van der Waals surface area contributed by atoms with E-state index in [0.717, 1.165) is 39.3 Å². The number of methoxy groups -OCH3 is 1. The number of benzene rings is 2. The van der Waals surface area contributed by atoms with Crippen LogP contribution >= 0.6 is 0 Å². The number of aryl methyl sites for hydroxylation is 5. The highest BCUT2D eigenvalue weighted by Crippen LogP contribution is 2.25. The minimum absolute atomic E-state index is 0.227. The summed E-state index contributed by atoms with van der Waals surface area (Å²) in [6.45, 7) is 10.3. The molecule has 0 unspecified atom stereocenters. The zero-order chi connectivity index (χ0) is 23.4. The molecule has 1 amide bonds. The van der Waals surface area contributed by atoms with Crippen molar-refractivity contribution in [2.24, 2.45) is 12.0 Å². The fraction of sp³-hybridized carbons (Fsp3) is 0.320. The first kappa shape index (κ1) is 23.1. The van der Waals surface area contributed by atoms with E-state index in [1.807, 2.05) is 82.7 Å². The number of amides is 1. The molecule has 7 nitrogen and oxygen atoms in total. The molecule has 0 saturated heterocycles. The Morgan fingerprint density at radius 3 is 2.31 bits per heavy atom. The third-order valence-electron chi connectivity index (χ3n) is 5.38. The predicted octanol–water partition coefficient (Wildman–Crippen LogP) is 4.37. The average Bonchev–Trinajstić information content (AvgIpc) is 2.96. The topological polar surface area (TPSA) is 80.5 Å². The molecule has 168 valence electrons. The fourth-order valence-corrected chi connectivity index (χ4v) is 3.65. The number of carbonyl (C=O) groups is 1. The first-order valence-electron chi connectivity index (χ1n) is 10.5. The Labute approximate surface area is 189 Å². The second-order valence-corrected chi connectivity index (χ2v) is 8.10. The van der Waals surface area contributed by atoms with E-state index in [1.54, 1.807) is 7.11 Å². The SMILES string of the molecule is COc1ccc(C)cc1NC(=NCc1c(C)nn(C)c1C)NC(=O)c1cc(C)cc(C)c1. The standard InChI is InChI=1S/C25H31N5O2/c1-15-8-9-23(32-7)22(13-15)27-25(26-14-21-18(4)29-30(6)19(21)5)28-24(31)20-11-16(2)10-17(3)12-20/h8-13H,14H2,1-7H3,(H2,26,27,28,31). The number of carbonyl (C=O) groups excluding carboxylic acids is 1. The van der Waals surface area contributed by atoms with Gasteiger partial charge in [-0.2, -0.15) is 5.10 Å². The molecule has 2 N–H and O–H groups in total. The van der Waals surface area contributed by atoms with E-state index < -0.39 is 0 Å². The summed E-state index contributed by atoms with van der Waals surface area (Å²) in [6, 6.07) is 11.6. The van der Waals surface area contributed by atoms with Crippen molar-refractivity contribution in [1.82, 2.24) is 15.1 Å². The molecule has 0 aliphatic rings. The van der Waals surface area contributed by atoms with E-state index in [1.165, 1.54) is 0 Å². The molecule has 3 aromatic rings. The lowest BCUT2D eigenvalue weighted by molar-refractivity contribution is 0.0976. The zero-order valence-corrected chi connectivity index (χ0v) is 19.8. The summed E-state index contributed by atoms with van der Waals surface area (Å²) in [5.74, 6) is 0.785. The first-order chi connectivity index (χ1) is 15.2. The Hall–Kier alpha value is -3.61. The van der Waals surface area contributed by atoms with Crippen LogP contribution in [0.25, 0.3) is 0 Å². The smallest absolute Gasteiger partial charge is 0.257 e. The van der Waals surface area contributed by atoms with Gasteiger partial charge in [0, 0.05) is 23.9 Å². The molecule has 1 aromatic heterocycles. The van der Waals surface area contributed by atoms with E-state index >= 15 is 0 Å². The largest absolute Gasteiger partial charge is 0.495 e. The highest BCUT2D eigenvalue weighted by Gasteiger charge is 2.14. The lowest BCUT2D eigenvalue weighted by Gasteiger charge is -2.15. The van der Waals surface area contributed by atoms with Crippen molar-refractivity contribution >= 4 is 17.6 Å². The molecule has 2 aromatic carbocycles. The van der Waals surface area contributed by atoms with Gasteiger partial charge in [-0.3, -0.25) is 14.8 Å². The second-order valence-electron chi connectivity index (χ2n) is 8.10. The van der Waals surface area contributed by atoms with Crippen molar-refractivity contribution in [2.75, 3.05) is 12.4 Å². The van der Waals surface area contributed by atoms with Crippen LogP contribution in [0.15, 0.2) is 41.4 Å². The highest BCUT2D eigenvalue weighted by molar-refractivity contribution is 6.10. The van der Waals surface area contributed by atoms with Crippen LogP contribution in [0.1, 0.15) is 44.0 Å². The summed E-state index contributed by atoms with van der Waals surface area (Å²) in [5, 5.41) is 10.7. The average molecular weight is 434 g/mol. The molecular formula is C25H31N5O2. The van der Waals surface area contributed by atoms with E-state index in [0.29, 0.717) is 23.8 Å². The van der Waals surface area contributed by atoms with Gasteiger partial charge in [0.15, 0.2) is 0 Å². The minimum atomic E-state index is -0.227. The van der Waals surface area contributed by atoms with Crippen LogP contribution in [-0.4, -0.2) is 28.8 Å². The maximum atomic E-state index is 13.0. The lowest BCUT2D eigenvalue weighted by Crippen LogP contribution is -2.36. The predicted molar refractivity (Wildman–Crippen MR) is 129 cm³/mol. The lowest BCUT2D eigenvalue weighted by atomic mass is 10.1. The molecule has 32 heavy (non-hydrogen) atoms. The molecule has 0 radical (unpaired) electrons. The molecule has 0 saturated carbocycles. The number of nitrogens with zero attached hydrogens (tertiary/aromatic N) is 3. The number of hydrogen-bond donors (Lipinski definition) is 2. The highest BCUT2D eigenvalue weighted by atomic mass is 16.5. The molecule has 7 heteroatoms. The van der Waals surface area contributed by atoms with Crippen LogP contribution in [0.4, 0.5) is 5.69 Å². The van der Waals surface area contributed by atoms with Crippen LogP contribution in [0, 0.1) is 34.6 Å². The number of aliphatic imine (C=N–C) groups is 1. The van der Waals surface area contributed by atoms with Crippen LogP contribution < -0.4 is 15.4 Å². The Morgan fingerprint density at radius 2 is 1.72 bits per heavy atom. The van der Waals surface area contributed by atoms with Crippen molar-refractivity contribution in [3.05, 3.63) is 75.6 Å². The van der Waals surface area contributed by atoms with Crippen molar-refractivity contribution < 1.29 is 9.53 Å². The quantitative estimate of drug-likeness (QED) is 0.463. The van der Waals surface area contributed by atoms with Crippen LogP contribution in [-0.2, 0) is 13.6 Å². The zero-order valence-electron chi connectivity index (χ0n) is 19.8. The van der Waals surface area contributed by atoms with E-state index in [2.05, 4.69) is 15.7 Å². The van der Waals surface area contributed by atoms with Crippen molar-refractivity contribution in [2.45, 2.75) is 41.2 Å². The van der Waals surface area contributed by atoms with Crippen LogP contribution in [0.5, 0.6) is 5.75 Å². The summed E-state index contributed by atoms with van der Waals surface area (Å²) >= 11 is 0. The van der Waals surface area contributed by atoms with Gasteiger partial charge in [-0.05, 0) is 64.4 Å². The van der Waals surface area contributed by atoms with E-state index in [-0.39, 0.29) is 5.91 Å². The van der Waals surface area contributed by atoms with Gasteiger partial charge in [-0.1, -0.05) is 23.3 Å². The fourth-order valence-electron chi connectivity index (χ4n) is 3.65. The van der Waals surface area contributed by atoms with Crippen molar-refractivity contribution in [1.29, 1.82) is 0 Å². The molecule has 0 spiro atoms. The maximum absolute atomic E-state index is 13.0. The molecule has 0 fully saturated rings. The van der Waals surface area contributed by atoms with E-state index in [9.17, 15) is 4.79 Å². The Morgan fingerprint density at radius 1 is 1.03 bits per heavy atom. The first-order valence-corrected chi connectivity index (χ1v) is 10.5. The monoisotopic (exact) mass is 433 g/mol. The Bertz CT molecular complexity index is 1160. The van der Waals surface area contributed by atoms with Gasteiger partial charge in [-0.25, -0.2) is 4.99 Å². The summed E-state index contributed by atoms with van der Waals surface area (Å²) in [7, 11) is 3.53. The summed E-state index contributed by atoms with van der Waals surface area (Å²) in [6.07, 6.45) is 0. The minimum Gasteiger partial charge on any atom is -0.495 e. The van der Waals surface area contributed by atoms with Crippen molar-refractivity contribution in [3.8, 4) is 5.75 Å². The molecule has 0 aliphatic carbocycles. The van der Waals surface area contributed by atoms with Gasteiger partial charge in [0.2, 0.25) is 5.96 Å². The number of ether oxygens (including phenoxy) is 1. The second kappa shape index (κ2) is 9.68. The molecule has 0 atom stereocenters. The normalized spacial score (nSPS) is 11.4. The summed E-state index contributed by atoms with van der Waals surface area (Å²) < 4.78 is 7.32. The molecule has 0 aliphatic heterocycles. The molecular weight excluding hydrogens is 402 g/mol. The van der Waals surface area contributed by atoms with Crippen LogP contribution in [0.2, 0.25) is 0 Å². The Balaban J connectivity index is 1.95. The van der Waals surface area contributed by atoms with Gasteiger partial charge < -0.3 is 10.1 Å². The third kappa shape index (κ3) is 5.35. The number of nitrogens with one attached hydrogen (secondary N) is 2. The maximum Gasteiger partial charge on any atom is 0.257 e. The Kier molecular flexibility index (Phi) is 6.98. The van der Waals surface area contributed by atoms with E-state index in [4.69, 9.17) is 9.73 Å². The van der Waals surface area contributed by atoms with Gasteiger partial charge in [0.1, 0.15) is 5.75 Å². The summed E-state index contributed by atoms with van der Waals surface area (Å²) in [4.78, 5) is 17.7. The molecule has 0 bridgehead atoms. The van der Waals surface area contributed by atoms with Crippen molar-refractivity contribution in [3.63, 3.8) is 0 Å². The van der Waals surface area contributed by atoms with Crippen LogP contribution in [0.3, 0.4) is 0 Å². The number of aromatic nitrogens is 2.